The van der Waals surface area contributed by atoms with Crippen molar-refractivity contribution in [1.82, 2.24) is 10.3 Å². The molecule has 8 heteroatoms. The molecule has 3 aromatic carbocycles. The van der Waals surface area contributed by atoms with Gasteiger partial charge in [-0.25, -0.2) is 4.98 Å². The molecule has 1 amide bonds. The number of carbonyl (C=O) groups excluding carboxylic acids is 1. The predicted molar refractivity (Wildman–Crippen MR) is 157 cm³/mol. The molecule has 0 saturated heterocycles. The van der Waals surface area contributed by atoms with Crippen LogP contribution in [-0.2, 0) is 6.42 Å². The van der Waals surface area contributed by atoms with Crippen molar-refractivity contribution in [3.63, 3.8) is 0 Å². The zero-order chi connectivity index (χ0) is 27.4. The number of anilines is 1. The molecule has 0 aliphatic carbocycles. The van der Waals surface area contributed by atoms with E-state index >= 15 is 0 Å². The van der Waals surface area contributed by atoms with E-state index in [4.69, 9.17) is 24.9 Å². The molecule has 2 heterocycles. The highest BCUT2D eigenvalue weighted by Gasteiger charge is 2.23. The number of pyridine rings is 1. The predicted octanol–water partition coefficient (Wildman–Crippen LogP) is 6.21. The van der Waals surface area contributed by atoms with E-state index in [1.165, 1.54) is 11.3 Å². The van der Waals surface area contributed by atoms with Crippen molar-refractivity contribution < 1.29 is 19.0 Å². The summed E-state index contributed by atoms with van der Waals surface area (Å²) < 4.78 is 16.7. The van der Waals surface area contributed by atoms with Gasteiger partial charge in [-0.1, -0.05) is 60.7 Å². The Bertz CT molecular complexity index is 1590. The van der Waals surface area contributed by atoms with E-state index in [2.05, 4.69) is 5.32 Å². The minimum atomic E-state index is -0.219. The molecular weight excluding hydrogens is 510 g/mol. The molecule has 39 heavy (non-hydrogen) atoms. The van der Waals surface area contributed by atoms with Gasteiger partial charge in [-0.15, -0.1) is 11.3 Å². The van der Waals surface area contributed by atoms with Crippen molar-refractivity contribution in [2.75, 3.05) is 33.6 Å². The molecule has 0 unspecified atom stereocenters. The largest absolute Gasteiger partial charge is 0.493 e. The molecule has 198 valence electrons. The fourth-order valence-corrected chi connectivity index (χ4v) is 5.59. The molecule has 0 bridgehead atoms. The quantitative estimate of drug-likeness (QED) is 0.231. The fourth-order valence-electron chi connectivity index (χ4n) is 4.56. The zero-order valence-corrected chi connectivity index (χ0v) is 22.8. The first kappa shape index (κ1) is 26.1. The van der Waals surface area contributed by atoms with Gasteiger partial charge in [0.25, 0.3) is 5.91 Å². The molecule has 0 spiro atoms. The number of nitrogens with two attached hydrogens (primary N) is 1. The fraction of sp³-hybridized carbons (Fsp3) is 0.161. The summed E-state index contributed by atoms with van der Waals surface area (Å²) in [5, 5.41) is 3.72. The van der Waals surface area contributed by atoms with Gasteiger partial charge in [-0.3, -0.25) is 4.79 Å². The van der Waals surface area contributed by atoms with Crippen molar-refractivity contribution in [3.8, 4) is 39.6 Å². The van der Waals surface area contributed by atoms with Crippen LogP contribution in [0.15, 0.2) is 78.9 Å². The maximum absolute atomic E-state index is 13.2. The Kier molecular flexibility index (Phi) is 7.65. The Balaban J connectivity index is 1.62. The number of thiophene rings is 1. The normalized spacial score (nSPS) is 10.8. The Hall–Kier alpha value is -4.56. The number of nitrogens with zero attached hydrogens (tertiary/aromatic N) is 1. The lowest BCUT2D eigenvalue weighted by atomic mass is 9.98. The number of nitrogens with one attached hydrogen (secondary N) is 1. The van der Waals surface area contributed by atoms with Crippen LogP contribution in [0.25, 0.3) is 32.6 Å². The van der Waals surface area contributed by atoms with Crippen LogP contribution < -0.4 is 25.3 Å². The average molecular weight is 540 g/mol. The van der Waals surface area contributed by atoms with E-state index in [-0.39, 0.29) is 5.91 Å². The summed E-state index contributed by atoms with van der Waals surface area (Å²) >= 11 is 1.29. The summed E-state index contributed by atoms with van der Waals surface area (Å²) in [6.07, 6.45) is 0.727. The molecule has 0 saturated carbocycles. The van der Waals surface area contributed by atoms with E-state index < -0.39 is 0 Å². The summed E-state index contributed by atoms with van der Waals surface area (Å²) in [6.45, 7) is 0.499. The lowest BCUT2D eigenvalue weighted by molar-refractivity contribution is 0.0959. The third kappa shape index (κ3) is 5.24. The number of carbonyl (C=O) groups is 1. The summed E-state index contributed by atoms with van der Waals surface area (Å²) in [4.78, 5) is 19.3. The second-order valence-corrected chi connectivity index (χ2v) is 9.85. The number of methoxy groups -OCH3 is 3. The number of nitrogen functional groups attached to an aromatic ring is 1. The van der Waals surface area contributed by atoms with Crippen LogP contribution in [0.5, 0.6) is 17.2 Å². The van der Waals surface area contributed by atoms with Crippen LogP contribution in [0.3, 0.4) is 0 Å². The standard InChI is InChI=1S/C31H29N3O4S/c1-36-24-16-21(17-25(37-2)28(24)38-3)22-18-23(20-12-8-5-9-13-20)34-31-26(22)27(32)29(39-31)30(35)33-15-14-19-10-6-4-7-11-19/h4-13,16-18H,14-15,32H2,1-3H3,(H,33,35). The lowest BCUT2D eigenvalue weighted by Crippen LogP contribution is -2.25. The average Bonchev–Trinajstić information content (AvgIpc) is 3.33. The zero-order valence-electron chi connectivity index (χ0n) is 22.0. The number of ether oxygens (including phenoxy) is 3. The van der Waals surface area contributed by atoms with Crippen LogP contribution in [0.4, 0.5) is 5.69 Å². The number of amides is 1. The number of fused-ring (bicyclic) bond motifs is 1. The van der Waals surface area contributed by atoms with E-state index in [1.807, 2.05) is 78.9 Å². The van der Waals surface area contributed by atoms with Gasteiger partial charge in [0.1, 0.15) is 9.71 Å². The summed E-state index contributed by atoms with van der Waals surface area (Å²) in [5.74, 6) is 1.31. The van der Waals surface area contributed by atoms with Gasteiger partial charge in [0, 0.05) is 17.5 Å². The van der Waals surface area contributed by atoms with Crippen LogP contribution >= 0.6 is 11.3 Å². The third-order valence-corrected chi connectivity index (χ3v) is 7.59. The summed E-state index contributed by atoms with van der Waals surface area (Å²) in [7, 11) is 4.72. The molecule has 0 atom stereocenters. The second kappa shape index (κ2) is 11.4. The Morgan fingerprint density at radius 3 is 2.13 bits per heavy atom. The molecule has 5 aromatic rings. The molecule has 5 rings (SSSR count). The molecule has 3 N–H and O–H groups in total. The molecule has 7 nitrogen and oxygen atoms in total. The first-order chi connectivity index (χ1) is 19.0. The number of benzene rings is 3. The van der Waals surface area contributed by atoms with Crippen molar-refractivity contribution in [3.05, 3.63) is 89.3 Å². The van der Waals surface area contributed by atoms with Crippen LogP contribution in [0.2, 0.25) is 0 Å². The smallest absolute Gasteiger partial charge is 0.263 e. The number of aromatic nitrogens is 1. The molecule has 0 fully saturated rings. The first-order valence-corrected chi connectivity index (χ1v) is 13.3. The maximum atomic E-state index is 13.2. The van der Waals surface area contributed by atoms with E-state index in [0.717, 1.165) is 34.4 Å². The second-order valence-electron chi connectivity index (χ2n) is 8.85. The van der Waals surface area contributed by atoms with Gasteiger partial charge in [0.15, 0.2) is 11.5 Å². The van der Waals surface area contributed by atoms with Crippen molar-refractivity contribution >= 4 is 33.1 Å². The Morgan fingerprint density at radius 2 is 1.51 bits per heavy atom. The number of rotatable bonds is 9. The summed E-state index contributed by atoms with van der Waals surface area (Å²) in [5.41, 5.74) is 11.6. The minimum Gasteiger partial charge on any atom is -0.493 e. The van der Waals surface area contributed by atoms with Crippen LogP contribution in [0.1, 0.15) is 15.2 Å². The number of hydrogen-bond acceptors (Lipinski definition) is 7. The molecule has 0 aliphatic heterocycles. The van der Waals surface area contributed by atoms with Crippen molar-refractivity contribution in [2.45, 2.75) is 6.42 Å². The first-order valence-electron chi connectivity index (χ1n) is 12.4. The van der Waals surface area contributed by atoms with Crippen LogP contribution in [0, 0.1) is 0 Å². The Morgan fingerprint density at radius 1 is 0.872 bits per heavy atom. The maximum Gasteiger partial charge on any atom is 0.263 e. The van der Waals surface area contributed by atoms with E-state index in [0.29, 0.717) is 44.6 Å². The van der Waals surface area contributed by atoms with Crippen molar-refractivity contribution in [1.29, 1.82) is 0 Å². The van der Waals surface area contributed by atoms with Gasteiger partial charge < -0.3 is 25.3 Å². The molecule has 0 aliphatic rings. The monoisotopic (exact) mass is 539 g/mol. The molecule has 0 radical (unpaired) electrons. The van der Waals surface area contributed by atoms with Crippen LogP contribution in [-0.4, -0.2) is 38.8 Å². The molecule has 2 aromatic heterocycles. The van der Waals surface area contributed by atoms with E-state index in [1.54, 1.807) is 21.3 Å². The minimum absolute atomic E-state index is 0.219. The van der Waals surface area contributed by atoms with Gasteiger partial charge in [-0.05, 0) is 41.3 Å². The topological polar surface area (TPSA) is 95.7 Å². The van der Waals surface area contributed by atoms with Gasteiger partial charge in [0.05, 0.1) is 32.7 Å². The molecular formula is C31H29N3O4S. The highest BCUT2D eigenvalue weighted by Crippen LogP contribution is 2.46. The third-order valence-electron chi connectivity index (χ3n) is 6.49. The van der Waals surface area contributed by atoms with Gasteiger partial charge in [0.2, 0.25) is 5.75 Å². The van der Waals surface area contributed by atoms with E-state index in [9.17, 15) is 4.79 Å². The Labute approximate surface area is 231 Å². The highest BCUT2D eigenvalue weighted by atomic mass is 32.1. The van der Waals surface area contributed by atoms with Gasteiger partial charge >= 0.3 is 0 Å². The number of hydrogen-bond donors (Lipinski definition) is 2. The summed E-state index contributed by atoms with van der Waals surface area (Å²) in [6, 6.07) is 25.7. The highest BCUT2D eigenvalue weighted by molar-refractivity contribution is 7.21. The SMILES string of the molecule is COc1cc(-c2cc(-c3ccccc3)nc3sc(C(=O)NCCc4ccccc4)c(N)c23)cc(OC)c1OC. The lowest BCUT2D eigenvalue weighted by Gasteiger charge is -2.15. The van der Waals surface area contributed by atoms with Crippen molar-refractivity contribution in [2.24, 2.45) is 0 Å². The van der Waals surface area contributed by atoms with Gasteiger partial charge in [-0.2, -0.15) is 0 Å².